The maximum absolute atomic E-state index is 14.1. The van der Waals surface area contributed by atoms with Gasteiger partial charge in [0, 0.05) is 29.6 Å². The smallest absolute Gasteiger partial charge is 0.244 e. The van der Waals surface area contributed by atoms with Crippen molar-refractivity contribution in [2.24, 2.45) is 0 Å². The summed E-state index contributed by atoms with van der Waals surface area (Å²) in [6, 6.07) is 21.9. The van der Waals surface area contributed by atoms with E-state index in [2.05, 4.69) is 5.32 Å². The number of anilines is 1. The number of carbonyl (C=O) groups is 2. The summed E-state index contributed by atoms with van der Waals surface area (Å²) in [5.41, 5.74) is 1.27. The average molecular weight is 586 g/mol. The Morgan fingerprint density at radius 1 is 0.950 bits per heavy atom. The first kappa shape index (κ1) is 31.0. The van der Waals surface area contributed by atoms with Crippen molar-refractivity contribution in [2.45, 2.75) is 45.3 Å². The van der Waals surface area contributed by atoms with Gasteiger partial charge in [-0.15, -0.1) is 0 Å². The Morgan fingerprint density at radius 2 is 1.60 bits per heavy atom. The van der Waals surface area contributed by atoms with Gasteiger partial charge >= 0.3 is 0 Å². The summed E-state index contributed by atoms with van der Waals surface area (Å²) < 4.78 is 32.1. The molecule has 0 fully saturated rings. The van der Waals surface area contributed by atoms with Crippen LogP contribution in [0.2, 0.25) is 5.02 Å². The lowest BCUT2D eigenvalue weighted by Crippen LogP contribution is -2.56. The van der Waals surface area contributed by atoms with Gasteiger partial charge in [-0.05, 0) is 56.2 Å². The first-order chi connectivity index (χ1) is 18.8. The van der Waals surface area contributed by atoms with Crippen LogP contribution in [0.15, 0.2) is 78.9 Å². The standard InChI is InChI=1S/C30H36ClN3O5S/c1-30(2,3)32-29(36)27(18-22-11-7-6-8-12-22)33(20-23-13-9-14-24(31)17-23)28(35)21-34(40(5,37)38)25-15-10-16-26(19-25)39-4/h6-17,19,27H,18,20-21H2,1-5H3,(H,32,36)/t27-/m0/s1. The SMILES string of the molecule is COc1cccc(N(CC(=O)N(Cc2cccc(Cl)c2)[C@@H](Cc2ccccc2)C(=O)NC(C)(C)C)S(C)(=O)=O)c1. The van der Waals surface area contributed by atoms with Crippen LogP contribution in [0.5, 0.6) is 5.75 Å². The summed E-state index contributed by atoms with van der Waals surface area (Å²) in [6.07, 6.45) is 1.27. The third-order valence-corrected chi connectivity index (χ3v) is 7.41. The van der Waals surface area contributed by atoms with Crippen LogP contribution in [-0.4, -0.2) is 56.6 Å². The Kier molecular flexibility index (Phi) is 10.2. The number of carbonyl (C=O) groups excluding carboxylic acids is 2. The van der Waals surface area contributed by atoms with Gasteiger partial charge < -0.3 is 15.0 Å². The molecule has 0 heterocycles. The van der Waals surface area contributed by atoms with Gasteiger partial charge in [-0.1, -0.05) is 60.1 Å². The van der Waals surface area contributed by atoms with Gasteiger partial charge in [-0.25, -0.2) is 8.42 Å². The maximum Gasteiger partial charge on any atom is 0.244 e. The number of halogens is 1. The van der Waals surface area contributed by atoms with E-state index in [-0.39, 0.29) is 24.6 Å². The fraction of sp³-hybridized carbons (Fsp3) is 0.333. The molecule has 3 aromatic carbocycles. The van der Waals surface area contributed by atoms with E-state index in [0.717, 1.165) is 16.1 Å². The first-order valence-electron chi connectivity index (χ1n) is 12.8. The van der Waals surface area contributed by atoms with Gasteiger partial charge in [-0.3, -0.25) is 13.9 Å². The van der Waals surface area contributed by atoms with E-state index in [9.17, 15) is 18.0 Å². The lowest BCUT2D eigenvalue weighted by Gasteiger charge is -2.35. The number of sulfonamides is 1. The van der Waals surface area contributed by atoms with Crippen LogP contribution >= 0.6 is 11.6 Å². The highest BCUT2D eigenvalue weighted by atomic mass is 35.5. The quantitative estimate of drug-likeness (QED) is 0.353. The number of rotatable bonds is 11. The zero-order chi connectivity index (χ0) is 29.5. The van der Waals surface area contributed by atoms with Crippen LogP contribution in [0.1, 0.15) is 31.9 Å². The third-order valence-electron chi connectivity index (χ3n) is 6.03. The minimum atomic E-state index is -3.88. The largest absolute Gasteiger partial charge is 0.497 e. The second kappa shape index (κ2) is 13.2. The maximum atomic E-state index is 14.1. The fourth-order valence-electron chi connectivity index (χ4n) is 4.22. The van der Waals surface area contributed by atoms with Gasteiger partial charge in [0.05, 0.1) is 19.1 Å². The zero-order valence-electron chi connectivity index (χ0n) is 23.4. The van der Waals surface area contributed by atoms with Crippen LogP contribution in [0, 0.1) is 0 Å². The molecule has 0 bridgehead atoms. The van der Waals surface area contributed by atoms with Crippen LogP contribution in [0.25, 0.3) is 0 Å². The molecule has 0 saturated carbocycles. The topological polar surface area (TPSA) is 96.0 Å². The van der Waals surface area contributed by atoms with Crippen LogP contribution in [0.3, 0.4) is 0 Å². The second-order valence-corrected chi connectivity index (χ2v) is 12.9. The average Bonchev–Trinajstić information content (AvgIpc) is 2.88. The van der Waals surface area contributed by atoms with Crippen LogP contribution in [-0.2, 0) is 32.6 Å². The Labute approximate surface area is 241 Å². The molecular formula is C30H36ClN3O5S. The van der Waals surface area contributed by atoms with E-state index < -0.39 is 34.1 Å². The third kappa shape index (κ3) is 8.99. The summed E-state index contributed by atoms with van der Waals surface area (Å²) in [6.45, 7) is 5.12. The van der Waals surface area contributed by atoms with E-state index in [1.165, 1.54) is 12.0 Å². The van der Waals surface area contributed by atoms with Gasteiger partial charge in [-0.2, -0.15) is 0 Å². The molecule has 214 valence electrons. The van der Waals surface area contributed by atoms with Crippen molar-refractivity contribution in [3.8, 4) is 5.75 Å². The molecule has 8 nitrogen and oxygen atoms in total. The van der Waals surface area contributed by atoms with Crippen molar-refractivity contribution in [1.29, 1.82) is 0 Å². The lowest BCUT2D eigenvalue weighted by molar-refractivity contribution is -0.140. The number of amides is 2. The molecule has 0 spiro atoms. The molecule has 40 heavy (non-hydrogen) atoms. The number of methoxy groups -OCH3 is 1. The van der Waals surface area contributed by atoms with E-state index in [1.807, 2.05) is 57.2 Å². The first-order valence-corrected chi connectivity index (χ1v) is 15.0. The number of nitrogens with one attached hydrogen (secondary N) is 1. The van der Waals surface area contributed by atoms with Gasteiger partial charge in [0.1, 0.15) is 18.3 Å². The molecule has 0 saturated heterocycles. The predicted molar refractivity (Wildman–Crippen MR) is 159 cm³/mol. The number of ether oxygens (including phenoxy) is 1. The Balaban J connectivity index is 2.08. The molecule has 3 aromatic rings. The Bertz CT molecular complexity index is 1420. The van der Waals surface area contributed by atoms with E-state index in [0.29, 0.717) is 16.3 Å². The van der Waals surface area contributed by atoms with Crippen molar-refractivity contribution < 1.29 is 22.7 Å². The lowest BCUT2D eigenvalue weighted by atomic mass is 10.0. The molecule has 3 rings (SSSR count). The van der Waals surface area contributed by atoms with Crippen molar-refractivity contribution in [2.75, 3.05) is 24.2 Å². The molecule has 1 atom stereocenters. The number of nitrogens with zero attached hydrogens (tertiary/aromatic N) is 2. The highest BCUT2D eigenvalue weighted by molar-refractivity contribution is 7.92. The second-order valence-electron chi connectivity index (χ2n) is 10.6. The summed E-state index contributed by atoms with van der Waals surface area (Å²) >= 11 is 6.24. The van der Waals surface area contributed by atoms with Gasteiger partial charge in [0.25, 0.3) is 0 Å². The molecule has 0 unspecified atom stereocenters. The van der Waals surface area contributed by atoms with Crippen molar-refractivity contribution >= 4 is 39.1 Å². The summed E-state index contributed by atoms with van der Waals surface area (Å²) in [5, 5.41) is 3.48. The number of hydrogen-bond acceptors (Lipinski definition) is 5. The fourth-order valence-corrected chi connectivity index (χ4v) is 5.27. The monoisotopic (exact) mass is 585 g/mol. The molecule has 2 amide bonds. The van der Waals surface area contributed by atoms with E-state index in [1.54, 1.807) is 42.5 Å². The zero-order valence-corrected chi connectivity index (χ0v) is 25.0. The van der Waals surface area contributed by atoms with Crippen LogP contribution in [0.4, 0.5) is 5.69 Å². The Hall–Kier alpha value is -3.56. The molecular weight excluding hydrogens is 550 g/mol. The van der Waals surface area contributed by atoms with Crippen molar-refractivity contribution in [3.63, 3.8) is 0 Å². The number of hydrogen-bond donors (Lipinski definition) is 1. The van der Waals surface area contributed by atoms with Crippen molar-refractivity contribution in [3.05, 3.63) is 95.0 Å². The summed E-state index contributed by atoms with van der Waals surface area (Å²) in [4.78, 5) is 29.2. The molecule has 0 aliphatic carbocycles. The van der Waals surface area contributed by atoms with E-state index in [4.69, 9.17) is 16.3 Å². The molecule has 0 aromatic heterocycles. The molecule has 0 aliphatic rings. The highest BCUT2D eigenvalue weighted by Gasteiger charge is 2.34. The summed E-state index contributed by atoms with van der Waals surface area (Å²) in [5.74, 6) is -0.446. The van der Waals surface area contributed by atoms with Crippen molar-refractivity contribution in [1.82, 2.24) is 10.2 Å². The normalized spacial score (nSPS) is 12.3. The number of benzene rings is 3. The van der Waals surface area contributed by atoms with Gasteiger partial charge in [0.15, 0.2) is 0 Å². The molecule has 0 aliphatic heterocycles. The summed E-state index contributed by atoms with van der Waals surface area (Å²) in [7, 11) is -2.40. The minimum Gasteiger partial charge on any atom is -0.497 e. The van der Waals surface area contributed by atoms with Gasteiger partial charge in [0.2, 0.25) is 21.8 Å². The van der Waals surface area contributed by atoms with Crippen LogP contribution < -0.4 is 14.4 Å². The molecule has 10 heteroatoms. The predicted octanol–water partition coefficient (Wildman–Crippen LogP) is 4.67. The Morgan fingerprint density at radius 3 is 2.20 bits per heavy atom. The van der Waals surface area contributed by atoms with E-state index >= 15 is 0 Å². The minimum absolute atomic E-state index is 0.0458. The highest BCUT2D eigenvalue weighted by Crippen LogP contribution is 2.24. The molecule has 1 N–H and O–H groups in total. The molecule has 0 radical (unpaired) electrons.